The van der Waals surface area contributed by atoms with E-state index in [2.05, 4.69) is 19.2 Å². The molecule has 4 nitrogen and oxygen atoms in total. The van der Waals surface area contributed by atoms with Crippen LogP contribution in [0, 0.1) is 13.8 Å². The summed E-state index contributed by atoms with van der Waals surface area (Å²) >= 11 is 0. The Bertz CT molecular complexity index is 640. The molecular formula is C18H23N3O. The van der Waals surface area contributed by atoms with E-state index < -0.39 is 0 Å². The van der Waals surface area contributed by atoms with Crippen LogP contribution in [0.25, 0.3) is 11.4 Å². The quantitative estimate of drug-likeness (QED) is 0.945. The van der Waals surface area contributed by atoms with E-state index >= 15 is 0 Å². The second-order valence-electron chi connectivity index (χ2n) is 5.91. The number of rotatable bonds is 3. The van der Waals surface area contributed by atoms with Crippen LogP contribution in [-0.2, 0) is 0 Å². The van der Waals surface area contributed by atoms with Crippen LogP contribution in [0.15, 0.2) is 24.3 Å². The molecule has 1 aliphatic rings. The van der Waals surface area contributed by atoms with Crippen molar-refractivity contribution in [3.63, 3.8) is 0 Å². The van der Waals surface area contributed by atoms with Gasteiger partial charge in [-0.15, -0.1) is 0 Å². The van der Waals surface area contributed by atoms with Gasteiger partial charge in [0.1, 0.15) is 5.75 Å². The first-order valence-electron chi connectivity index (χ1n) is 7.89. The molecule has 4 heteroatoms. The first-order chi connectivity index (χ1) is 10.7. The van der Waals surface area contributed by atoms with E-state index in [1.54, 1.807) is 7.11 Å². The van der Waals surface area contributed by atoms with Gasteiger partial charge in [0, 0.05) is 23.5 Å². The Kier molecular flexibility index (Phi) is 4.39. The molecule has 1 unspecified atom stereocenters. The summed E-state index contributed by atoms with van der Waals surface area (Å²) in [5.74, 6) is 2.14. The van der Waals surface area contributed by atoms with Gasteiger partial charge in [0.25, 0.3) is 0 Å². The molecule has 3 rings (SSSR count). The van der Waals surface area contributed by atoms with Crippen LogP contribution in [0.5, 0.6) is 5.75 Å². The predicted octanol–water partition coefficient (Wildman–Crippen LogP) is 3.24. The highest BCUT2D eigenvalue weighted by Crippen LogP contribution is 2.29. The average Bonchev–Trinajstić information content (AvgIpc) is 2.55. The van der Waals surface area contributed by atoms with Crippen LogP contribution in [0.1, 0.15) is 35.7 Å². The molecular weight excluding hydrogens is 274 g/mol. The molecule has 0 aliphatic carbocycles. The van der Waals surface area contributed by atoms with Crippen molar-refractivity contribution in [1.82, 2.24) is 15.3 Å². The molecule has 0 amide bonds. The van der Waals surface area contributed by atoms with Gasteiger partial charge in [0.05, 0.1) is 7.11 Å². The van der Waals surface area contributed by atoms with E-state index in [1.165, 1.54) is 18.4 Å². The number of benzene rings is 1. The maximum Gasteiger partial charge on any atom is 0.159 e. The first-order valence-corrected chi connectivity index (χ1v) is 7.89. The van der Waals surface area contributed by atoms with E-state index in [0.29, 0.717) is 5.92 Å². The van der Waals surface area contributed by atoms with Crippen molar-refractivity contribution in [2.45, 2.75) is 32.6 Å². The van der Waals surface area contributed by atoms with Crippen LogP contribution >= 0.6 is 0 Å². The largest absolute Gasteiger partial charge is 0.497 e. The number of hydrogen-bond acceptors (Lipinski definition) is 4. The molecule has 1 atom stereocenters. The van der Waals surface area contributed by atoms with E-state index in [9.17, 15) is 0 Å². The number of piperidine rings is 1. The van der Waals surface area contributed by atoms with E-state index in [1.807, 2.05) is 24.3 Å². The summed E-state index contributed by atoms with van der Waals surface area (Å²) in [7, 11) is 1.68. The van der Waals surface area contributed by atoms with E-state index in [4.69, 9.17) is 14.7 Å². The van der Waals surface area contributed by atoms with Crippen LogP contribution in [0.3, 0.4) is 0 Å². The molecule has 0 bridgehead atoms. The third kappa shape index (κ3) is 2.97. The number of aromatic nitrogens is 2. The summed E-state index contributed by atoms with van der Waals surface area (Å²) < 4.78 is 5.29. The summed E-state index contributed by atoms with van der Waals surface area (Å²) in [6, 6.07) is 7.92. The topological polar surface area (TPSA) is 47.0 Å². The lowest BCUT2D eigenvalue weighted by Crippen LogP contribution is -2.29. The number of ether oxygens (including phenoxy) is 1. The standard InChI is InChI=1S/C18H23N3O/c1-12-17(15-7-5-9-19-11-15)13(2)21-18(20-12)14-6-4-8-16(10-14)22-3/h4,6,8,10,15,19H,5,7,9,11H2,1-3H3. The van der Waals surface area contributed by atoms with E-state index in [0.717, 1.165) is 41.6 Å². The molecule has 116 valence electrons. The Morgan fingerprint density at radius 3 is 2.59 bits per heavy atom. The predicted molar refractivity (Wildman–Crippen MR) is 88.3 cm³/mol. The molecule has 2 heterocycles. The lowest BCUT2D eigenvalue weighted by Gasteiger charge is -2.25. The van der Waals surface area contributed by atoms with Crippen LogP contribution in [0.2, 0.25) is 0 Å². The highest BCUT2D eigenvalue weighted by atomic mass is 16.5. The molecule has 22 heavy (non-hydrogen) atoms. The molecule has 1 saturated heterocycles. The average molecular weight is 297 g/mol. The Balaban J connectivity index is 1.97. The monoisotopic (exact) mass is 297 g/mol. The maximum absolute atomic E-state index is 5.29. The fourth-order valence-electron chi connectivity index (χ4n) is 3.31. The zero-order valence-corrected chi connectivity index (χ0v) is 13.5. The first kappa shape index (κ1) is 15.0. The normalized spacial score (nSPS) is 18.2. The van der Waals surface area contributed by atoms with Gasteiger partial charge in [-0.25, -0.2) is 9.97 Å². The van der Waals surface area contributed by atoms with Gasteiger partial charge in [-0.1, -0.05) is 12.1 Å². The van der Waals surface area contributed by atoms with Crippen LogP contribution < -0.4 is 10.1 Å². The third-order valence-corrected chi connectivity index (χ3v) is 4.36. The maximum atomic E-state index is 5.29. The zero-order valence-electron chi connectivity index (χ0n) is 13.5. The Morgan fingerprint density at radius 2 is 1.95 bits per heavy atom. The van der Waals surface area contributed by atoms with Crippen molar-refractivity contribution in [1.29, 1.82) is 0 Å². The molecule has 1 aliphatic heterocycles. The zero-order chi connectivity index (χ0) is 15.5. The number of nitrogens with zero attached hydrogens (tertiary/aromatic N) is 2. The Hall–Kier alpha value is -1.94. The van der Waals surface area contributed by atoms with Crippen molar-refractivity contribution in [2.24, 2.45) is 0 Å². The minimum atomic E-state index is 0.535. The molecule has 0 spiro atoms. The fraction of sp³-hybridized carbons (Fsp3) is 0.444. The molecule has 2 aromatic rings. The van der Waals surface area contributed by atoms with Crippen LogP contribution in [-0.4, -0.2) is 30.2 Å². The summed E-state index contributed by atoms with van der Waals surface area (Å²) in [5, 5.41) is 3.48. The van der Waals surface area contributed by atoms with E-state index in [-0.39, 0.29) is 0 Å². The minimum Gasteiger partial charge on any atom is -0.497 e. The fourth-order valence-corrected chi connectivity index (χ4v) is 3.31. The molecule has 1 fully saturated rings. The number of methoxy groups -OCH3 is 1. The Morgan fingerprint density at radius 1 is 1.18 bits per heavy atom. The smallest absolute Gasteiger partial charge is 0.159 e. The summed E-state index contributed by atoms with van der Waals surface area (Å²) in [5.41, 5.74) is 4.51. The third-order valence-electron chi connectivity index (χ3n) is 4.36. The molecule has 0 saturated carbocycles. The molecule has 1 aromatic heterocycles. The van der Waals surface area contributed by atoms with Gasteiger partial charge in [-0.3, -0.25) is 0 Å². The summed E-state index contributed by atoms with van der Waals surface area (Å²) in [6.07, 6.45) is 2.44. The highest BCUT2D eigenvalue weighted by molar-refractivity contribution is 5.58. The van der Waals surface area contributed by atoms with Gasteiger partial charge >= 0.3 is 0 Å². The summed E-state index contributed by atoms with van der Waals surface area (Å²) in [4.78, 5) is 9.52. The minimum absolute atomic E-state index is 0.535. The van der Waals surface area contributed by atoms with Crippen molar-refractivity contribution in [2.75, 3.05) is 20.2 Å². The van der Waals surface area contributed by atoms with Crippen molar-refractivity contribution < 1.29 is 4.74 Å². The van der Waals surface area contributed by atoms with Crippen molar-refractivity contribution in [3.8, 4) is 17.1 Å². The molecule has 1 N–H and O–H groups in total. The van der Waals surface area contributed by atoms with Crippen molar-refractivity contribution in [3.05, 3.63) is 41.2 Å². The number of aryl methyl sites for hydroxylation is 2. The van der Waals surface area contributed by atoms with Gasteiger partial charge in [-0.2, -0.15) is 0 Å². The highest BCUT2D eigenvalue weighted by Gasteiger charge is 2.21. The van der Waals surface area contributed by atoms with Gasteiger partial charge in [0.15, 0.2) is 5.82 Å². The lowest BCUT2D eigenvalue weighted by molar-refractivity contribution is 0.415. The molecule has 0 radical (unpaired) electrons. The Labute approximate surface area is 132 Å². The van der Waals surface area contributed by atoms with Gasteiger partial charge in [0.2, 0.25) is 0 Å². The van der Waals surface area contributed by atoms with Gasteiger partial charge in [-0.05, 0) is 56.8 Å². The summed E-state index contributed by atoms with van der Waals surface area (Å²) in [6.45, 7) is 6.35. The lowest BCUT2D eigenvalue weighted by atomic mass is 9.89. The second kappa shape index (κ2) is 6.44. The molecule has 1 aromatic carbocycles. The van der Waals surface area contributed by atoms with Gasteiger partial charge < -0.3 is 10.1 Å². The number of hydrogen-bond donors (Lipinski definition) is 1. The SMILES string of the molecule is COc1cccc(-c2nc(C)c(C3CCCNC3)c(C)n2)c1. The van der Waals surface area contributed by atoms with Crippen LogP contribution in [0.4, 0.5) is 0 Å². The second-order valence-corrected chi connectivity index (χ2v) is 5.91. The van der Waals surface area contributed by atoms with Crippen molar-refractivity contribution >= 4 is 0 Å². The number of nitrogens with one attached hydrogen (secondary N) is 1.